The van der Waals surface area contributed by atoms with E-state index >= 15 is 0 Å². The lowest BCUT2D eigenvalue weighted by Crippen LogP contribution is -2.47. The number of aromatic carboxylic acids is 1. The van der Waals surface area contributed by atoms with Gasteiger partial charge in [0.1, 0.15) is 5.75 Å². The van der Waals surface area contributed by atoms with Gasteiger partial charge in [-0.2, -0.15) is 0 Å². The number of unbranched alkanes of at least 4 members (excludes halogenated alkanes) is 1. The first kappa shape index (κ1) is 33.0. The summed E-state index contributed by atoms with van der Waals surface area (Å²) in [5.41, 5.74) is 4.80. The Bertz CT molecular complexity index is 1480. The second-order valence-electron chi connectivity index (χ2n) is 12.6. The fraction of sp³-hybridized carbons (Fsp3) is 0.432. The molecule has 2 aliphatic rings. The number of nitrogens with one attached hydrogen (secondary N) is 4. The fourth-order valence-electron chi connectivity index (χ4n) is 6.25. The van der Waals surface area contributed by atoms with Crippen LogP contribution in [0.1, 0.15) is 89.6 Å². The van der Waals surface area contributed by atoms with Crippen molar-refractivity contribution in [1.82, 2.24) is 10.6 Å². The molecule has 0 heterocycles. The Hall–Kier alpha value is -4.37. The molecule has 3 aromatic carbocycles. The first-order valence-corrected chi connectivity index (χ1v) is 16.5. The number of amides is 2. The number of carbonyl (C=O) groups excluding carboxylic acids is 2. The molecule has 0 bridgehead atoms. The predicted molar refractivity (Wildman–Crippen MR) is 181 cm³/mol. The first-order valence-electron chi connectivity index (χ1n) is 16.5. The highest BCUT2D eigenvalue weighted by atomic mass is 16.5. The molecule has 0 aliphatic heterocycles. The van der Waals surface area contributed by atoms with Gasteiger partial charge in [-0.1, -0.05) is 31.9 Å². The maximum atomic E-state index is 13.4. The van der Waals surface area contributed by atoms with Crippen molar-refractivity contribution in [2.24, 2.45) is 11.8 Å². The van der Waals surface area contributed by atoms with E-state index in [1.807, 2.05) is 12.1 Å². The summed E-state index contributed by atoms with van der Waals surface area (Å²) in [6.07, 6.45) is 7.42. The van der Waals surface area contributed by atoms with Gasteiger partial charge in [0.25, 0.3) is 5.91 Å². The van der Waals surface area contributed by atoms with Crippen molar-refractivity contribution in [1.29, 1.82) is 0 Å². The van der Waals surface area contributed by atoms with Crippen LogP contribution in [0.5, 0.6) is 5.75 Å². The fourth-order valence-corrected chi connectivity index (χ4v) is 6.25. The van der Waals surface area contributed by atoms with Gasteiger partial charge in [-0.3, -0.25) is 14.9 Å². The number of hydrogen-bond acceptors (Lipinski definition) is 6. The lowest BCUT2D eigenvalue weighted by Gasteiger charge is -2.38. The molecule has 46 heavy (non-hydrogen) atoms. The third-order valence-electron chi connectivity index (χ3n) is 9.29. The SMILES string of the molecule is CCCCN[C@@H](Cc1cccc(OC)c1C1CC(CNc2ccc(C(=O)O)cc2)C1)NC(=O)c1ccc(NC(=O)C2CCC2)cc1. The number of carboxylic acids is 1. The molecule has 0 saturated heterocycles. The molecule has 0 unspecified atom stereocenters. The Morgan fingerprint density at radius 2 is 1.63 bits per heavy atom. The summed E-state index contributed by atoms with van der Waals surface area (Å²) in [5, 5.41) is 22.3. The van der Waals surface area contributed by atoms with Crippen LogP contribution in [0.3, 0.4) is 0 Å². The summed E-state index contributed by atoms with van der Waals surface area (Å²) in [7, 11) is 1.71. The minimum absolute atomic E-state index is 0.0547. The van der Waals surface area contributed by atoms with Crippen molar-refractivity contribution < 1.29 is 24.2 Å². The second kappa shape index (κ2) is 15.8. The first-order chi connectivity index (χ1) is 22.3. The number of anilines is 2. The Labute approximate surface area is 271 Å². The zero-order valence-electron chi connectivity index (χ0n) is 26.8. The molecule has 0 spiro atoms. The lowest BCUT2D eigenvalue weighted by molar-refractivity contribution is -0.122. The third-order valence-corrected chi connectivity index (χ3v) is 9.29. The van der Waals surface area contributed by atoms with E-state index in [1.165, 1.54) is 5.56 Å². The standard InChI is InChI=1S/C37H46N4O5/c1-3-4-19-38-33(41-36(43)26-11-17-31(18-12-26)40-35(42)25-7-5-8-25)22-28-9-6-10-32(46-2)34(28)29-20-24(21-29)23-39-30-15-13-27(14-16-30)37(44)45/h6,9-18,24-25,29,33,38-39H,3-5,7-8,19-23H2,1-2H3,(H,40,42)(H,41,43)(H,44,45)/t24?,29?,33-/m1/s1. The van der Waals surface area contributed by atoms with Crippen molar-refractivity contribution in [2.75, 3.05) is 30.8 Å². The van der Waals surface area contributed by atoms with Gasteiger partial charge in [0, 0.05) is 41.4 Å². The highest BCUT2D eigenvalue weighted by Gasteiger charge is 2.34. The number of rotatable bonds is 16. The smallest absolute Gasteiger partial charge is 0.335 e. The molecule has 2 aliphatic carbocycles. The highest BCUT2D eigenvalue weighted by Crippen LogP contribution is 2.46. The van der Waals surface area contributed by atoms with E-state index in [0.29, 0.717) is 29.5 Å². The number of carboxylic acid groups (broad SMARTS) is 1. The van der Waals surface area contributed by atoms with E-state index in [-0.39, 0.29) is 29.5 Å². The van der Waals surface area contributed by atoms with Crippen LogP contribution in [-0.4, -0.2) is 49.3 Å². The molecule has 2 saturated carbocycles. The maximum absolute atomic E-state index is 13.4. The van der Waals surface area contributed by atoms with E-state index in [2.05, 4.69) is 34.3 Å². The van der Waals surface area contributed by atoms with Crippen LogP contribution in [0.15, 0.2) is 66.7 Å². The minimum atomic E-state index is -0.928. The van der Waals surface area contributed by atoms with E-state index in [0.717, 1.165) is 75.0 Å². The molecule has 5 rings (SSSR count). The summed E-state index contributed by atoms with van der Waals surface area (Å²) in [5.74, 6) is 0.773. The zero-order valence-corrected chi connectivity index (χ0v) is 26.8. The van der Waals surface area contributed by atoms with Crippen LogP contribution >= 0.6 is 0 Å². The summed E-state index contributed by atoms with van der Waals surface area (Å²) in [6, 6.07) is 20.1. The maximum Gasteiger partial charge on any atom is 0.335 e. The largest absolute Gasteiger partial charge is 0.496 e. The van der Waals surface area contributed by atoms with Crippen LogP contribution in [0.4, 0.5) is 11.4 Å². The van der Waals surface area contributed by atoms with Crippen molar-refractivity contribution in [3.05, 3.63) is 89.0 Å². The van der Waals surface area contributed by atoms with Crippen LogP contribution in [-0.2, 0) is 11.2 Å². The van der Waals surface area contributed by atoms with Crippen molar-refractivity contribution >= 4 is 29.2 Å². The zero-order chi connectivity index (χ0) is 32.5. The Morgan fingerprint density at radius 3 is 2.26 bits per heavy atom. The third kappa shape index (κ3) is 8.46. The molecule has 5 N–H and O–H groups in total. The number of methoxy groups -OCH3 is 1. The number of hydrogen-bond donors (Lipinski definition) is 5. The molecule has 3 aromatic rings. The quantitative estimate of drug-likeness (QED) is 0.0916. The van der Waals surface area contributed by atoms with E-state index in [9.17, 15) is 14.4 Å². The summed E-state index contributed by atoms with van der Waals surface area (Å²) >= 11 is 0. The number of benzene rings is 3. The van der Waals surface area contributed by atoms with E-state index < -0.39 is 5.97 Å². The highest BCUT2D eigenvalue weighted by molar-refractivity contribution is 5.96. The van der Waals surface area contributed by atoms with Gasteiger partial charge in [0.05, 0.1) is 18.8 Å². The molecule has 0 radical (unpaired) electrons. The van der Waals surface area contributed by atoms with E-state index in [1.54, 1.807) is 55.6 Å². The molecule has 244 valence electrons. The Kier molecular flexibility index (Phi) is 11.3. The average Bonchev–Trinajstić information content (AvgIpc) is 3.00. The predicted octanol–water partition coefficient (Wildman–Crippen LogP) is 6.43. The van der Waals surface area contributed by atoms with Crippen molar-refractivity contribution in [3.63, 3.8) is 0 Å². The lowest BCUT2D eigenvalue weighted by atomic mass is 9.69. The van der Waals surface area contributed by atoms with Crippen molar-refractivity contribution in [2.45, 2.75) is 70.4 Å². The van der Waals surface area contributed by atoms with Crippen LogP contribution in [0, 0.1) is 11.8 Å². The van der Waals surface area contributed by atoms with Crippen LogP contribution in [0.25, 0.3) is 0 Å². The summed E-state index contributed by atoms with van der Waals surface area (Å²) in [4.78, 5) is 36.8. The Balaban J connectivity index is 1.21. The molecule has 1 atom stereocenters. The normalized spacial score (nSPS) is 18.0. The molecule has 0 aromatic heterocycles. The van der Waals surface area contributed by atoms with Gasteiger partial charge in [0.2, 0.25) is 5.91 Å². The van der Waals surface area contributed by atoms with Crippen LogP contribution in [0.2, 0.25) is 0 Å². The second-order valence-corrected chi connectivity index (χ2v) is 12.6. The Morgan fingerprint density at radius 1 is 0.935 bits per heavy atom. The molecule has 2 amide bonds. The van der Waals surface area contributed by atoms with Crippen LogP contribution < -0.4 is 26.0 Å². The molecule has 9 nitrogen and oxygen atoms in total. The van der Waals surface area contributed by atoms with Gasteiger partial charge < -0.3 is 25.8 Å². The van der Waals surface area contributed by atoms with Gasteiger partial charge in [-0.05, 0) is 111 Å². The number of carbonyl (C=O) groups is 3. The summed E-state index contributed by atoms with van der Waals surface area (Å²) < 4.78 is 5.83. The van der Waals surface area contributed by atoms with Gasteiger partial charge in [0.15, 0.2) is 0 Å². The summed E-state index contributed by atoms with van der Waals surface area (Å²) in [6.45, 7) is 3.75. The van der Waals surface area contributed by atoms with Gasteiger partial charge in [-0.15, -0.1) is 0 Å². The van der Waals surface area contributed by atoms with Gasteiger partial charge >= 0.3 is 5.97 Å². The topological polar surface area (TPSA) is 129 Å². The monoisotopic (exact) mass is 626 g/mol. The average molecular weight is 627 g/mol. The minimum Gasteiger partial charge on any atom is -0.496 e. The number of ether oxygens (including phenoxy) is 1. The van der Waals surface area contributed by atoms with Crippen molar-refractivity contribution in [3.8, 4) is 5.75 Å². The van der Waals surface area contributed by atoms with Gasteiger partial charge in [-0.25, -0.2) is 4.79 Å². The van der Waals surface area contributed by atoms with E-state index in [4.69, 9.17) is 9.84 Å². The molecular weight excluding hydrogens is 580 g/mol. The molecule has 9 heteroatoms. The molecule has 2 fully saturated rings. The molecular formula is C37H46N4O5.